The topological polar surface area (TPSA) is 38.9 Å². The van der Waals surface area contributed by atoms with Gasteiger partial charge in [0.15, 0.2) is 0 Å². The molecule has 2 rings (SSSR count). The first-order valence-corrected chi connectivity index (χ1v) is 6.18. The third-order valence-electron chi connectivity index (χ3n) is 2.93. The van der Waals surface area contributed by atoms with Crippen molar-refractivity contribution in [2.45, 2.75) is 45.1 Å². The number of thiazole rings is 1. The van der Waals surface area contributed by atoms with Gasteiger partial charge in [0.2, 0.25) is 0 Å². The third-order valence-corrected chi connectivity index (χ3v) is 4.09. The van der Waals surface area contributed by atoms with Crippen LogP contribution in [0.2, 0.25) is 0 Å². The lowest BCUT2D eigenvalue weighted by Crippen LogP contribution is -2.17. The summed E-state index contributed by atoms with van der Waals surface area (Å²) in [6, 6.07) is 0.323. The van der Waals surface area contributed by atoms with E-state index in [9.17, 15) is 0 Å². The molecule has 0 spiro atoms. The minimum absolute atomic E-state index is 0.323. The Hall–Kier alpha value is -0.410. The van der Waals surface area contributed by atoms with Crippen LogP contribution in [0.25, 0.3) is 0 Å². The maximum atomic E-state index is 5.87. The van der Waals surface area contributed by atoms with Crippen molar-refractivity contribution in [3.8, 4) is 0 Å². The molecular weight excluding hydrogens is 192 g/mol. The first-order valence-electron chi connectivity index (χ1n) is 5.30. The fourth-order valence-corrected chi connectivity index (χ4v) is 2.77. The van der Waals surface area contributed by atoms with Gasteiger partial charge in [-0.05, 0) is 19.3 Å². The molecule has 0 aromatic carbocycles. The average Bonchev–Trinajstić information content (AvgIpc) is 2.76. The van der Waals surface area contributed by atoms with Crippen LogP contribution in [-0.4, -0.2) is 11.0 Å². The highest BCUT2D eigenvalue weighted by molar-refractivity contribution is 7.09. The number of nitrogens with zero attached hydrogens (tertiary/aromatic N) is 1. The Labute approximate surface area is 89.5 Å². The number of hydrogen-bond acceptors (Lipinski definition) is 3. The lowest BCUT2D eigenvalue weighted by molar-refractivity contribution is 0.628. The van der Waals surface area contributed by atoms with E-state index in [2.05, 4.69) is 31.1 Å². The van der Waals surface area contributed by atoms with Crippen LogP contribution in [-0.2, 0) is 0 Å². The Balaban J connectivity index is 2.05. The number of rotatable bonds is 3. The molecule has 1 heterocycles. The van der Waals surface area contributed by atoms with Gasteiger partial charge in [0.25, 0.3) is 0 Å². The fourth-order valence-electron chi connectivity index (χ4n) is 1.87. The van der Waals surface area contributed by atoms with Gasteiger partial charge in [-0.15, -0.1) is 11.3 Å². The van der Waals surface area contributed by atoms with Crippen molar-refractivity contribution in [2.24, 2.45) is 11.7 Å². The van der Waals surface area contributed by atoms with Gasteiger partial charge in [-0.3, -0.25) is 0 Å². The van der Waals surface area contributed by atoms with E-state index < -0.39 is 0 Å². The molecule has 1 aromatic rings. The molecule has 0 radical (unpaired) electrons. The highest BCUT2D eigenvalue weighted by atomic mass is 32.1. The van der Waals surface area contributed by atoms with Crippen molar-refractivity contribution in [3.05, 3.63) is 16.1 Å². The van der Waals surface area contributed by atoms with E-state index in [1.54, 1.807) is 11.3 Å². The van der Waals surface area contributed by atoms with Crippen molar-refractivity contribution in [3.63, 3.8) is 0 Å². The number of aromatic nitrogens is 1. The summed E-state index contributed by atoms with van der Waals surface area (Å²) >= 11 is 1.79. The highest BCUT2D eigenvalue weighted by Crippen LogP contribution is 2.49. The summed E-state index contributed by atoms with van der Waals surface area (Å²) in [7, 11) is 0. The number of nitrogens with two attached hydrogens (primary N) is 1. The Bertz CT molecular complexity index is 317. The third kappa shape index (κ3) is 1.84. The van der Waals surface area contributed by atoms with Gasteiger partial charge in [0, 0.05) is 23.3 Å². The Kier molecular flexibility index (Phi) is 2.62. The van der Waals surface area contributed by atoms with Crippen LogP contribution in [0.15, 0.2) is 5.38 Å². The first-order chi connectivity index (χ1) is 6.59. The van der Waals surface area contributed by atoms with E-state index in [1.165, 1.54) is 17.1 Å². The average molecular weight is 210 g/mol. The van der Waals surface area contributed by atoms with E-state index >= 15 is 0 Å². The summed E-state index contributed by atoms with van der Waals surface area (Å²) in [6.45, 7) is 6.48. The molecule has 1 aliphatic rings. The molecular formula is C11H18N2S. The summed E-state index contributed by atoms with van der Waals surface area (Å²) in [5.74, 6) is 1.89. The molecule has 0 bridgehead atoms. The maximum absolute atomic E-state index is 5.87. The molecule has 0 aliphatic heterocycles. The maximum Gasteiger partial charge on any atom is 0.0953 e. The van der Waals surface area contributed by atoms with Crippen LogP contribution in [0.4, 0.5) is 0 Å². The normalized spacial score (nSPS) is 28.1. The molecule has 0 amide bonds. The van der Waals surface area contributed by atoms with E-state index in [0.717, 1.165) is 0 Å². The molecule has 78 valence electrons. The van der Waals surface area contributed by atoms with Crippen LogP contribution in [0.1, 0.15) is 49.7 Å². The highest BCUT2D eigenvalue weighted by Gasteiger charge is 2.42. The second kappa shape index (κ2) is 3.63. The molecule has 2 N–H and O–H groups in total. The van der Waals surface area contributed by atoms with E-state index in [-0.39, 0.29) is 0 Å². The minimum Gasteiger partial charge on any atom is -0.328 e. The quantitative estimate of drug-likeness (QED) is 0.833. The van der Waals surface area contributed by atoms with Crippen LogP contribution in [0, 0.1) is 5.92 Å². The molecule has 14 heavy (non-hydrogen) atoms. The smallest absolute Gasteiger partial charge is 0.0953 e. The molecule has 1 aliphatic carbocycles. The summed E-state index contributed by atoms with van der Waals surface area (Å²) in [5.41, 5.74) is 7.15. The second-order valence-corrected chi connectivity index (χ2v) is 5.52. The van der Waals surface area contributed by atoms with Crippen molar-refractivity contribution < 1.29 is 0 Å². The summed E-state index contributed by atoms with van der Waals surface area (Å²) in [6.07, 6.45) is 1.24. The summed E-state index contributed by atoms with van der Waals surface area (Å²) in [5, 5.41) is 3.47. The minimum atomic E-state index is 0.323. The van der Waals surface area contributed by atoms with Gasteiger partial charge in [0.1, 0.15) is 0 Å². The number of hydrogen-bond donors (Lipinski definition) is 1. The molecule has 1 saturated carbocycles. The predicted molar refractivity (Wildman–Crippen MR) is 60.7 cm³/mol. The molecule has 3 heteroatoms. The van der Waals surface area contributed by atoms with Crippen molar-refractivity contribution in [2.75, 3.05) is 0 Å². The fraction of sp³-hybridized carbons (Fsp3) is 0.727. The van der Waals surface area contributed by atoms with Crippen molar-refractivity contribution in [1.82, 2.24) is 4.98 Å². The van der Waals surface area contributed by atoms with Crippen LogP contribution in [0.3, 0.4) is 0 Å². The molecule has 3 atom stereocenters. The Morgan fingerprint density at radius 3 is 2.64 bits per heavy atom. The predicted octanol–water partition coefficient (Wildman–Crippen LogP) is 2.72. The summed E-state index contributed by atoms with van der Waals surface area (Å²) < 4.78 is 0. The first kappa shape index (κ1) is 10.1. The van der Waals surface area contributed by atoms with E-state index in [0.29, 0.717) is 23.8 Å². The second-order valence-electron chi connectivity index (χ2n) is 4.63. The lowest BCUT2D eigenvalue weighted by Gasteiger charge is -2.01. The van der Waals surface area contributed by atoms with Gasteiger partial charge in [-0.1, -0.05) is 13.8 Å². The zero-order valence-corrected chi connectivity index (χ0v) is 9.84. The Morgan fingerprint density at radius 2 is 2.21 bits per heavy atom. The molecule has 3 unspecified atom stereocenters. The van der Waals surface area contributed by atoms with Crippen molar-refractivity contribution >= 4 is 11.3 Å². The molecule has 2 nitrogen and oxygen atoms in total. The van der Waals surface area contributed by atoms with Crippen LogP contribution in [0.5, 0.6) is 0 Å². The van der Waals surface area contributed by atoms with Crippen LogP contribution >= 0.6 is 11.3 Å². The van der Waals surface area contributed by atoms with Gasteiger partial charge >= 0.3 is 0 Å². The zero-order valence-electron chi connectivity index (χ0n) is 9.03. The van der Waals surface area contributed by atoms with Gasteiger partial charge in [-0.25, -0.2) is 4.98 Å². The monoisotopic (exact) mass is 210 g/mol. The van der Waals surface area contributed by atoms with Gasteiger partial charge < -0.3 is 5.73 Å². The van der Waals surface area contributed by atoms with E-state index in [4.69, 9.17) is 5.73 Å². The van der Waals surface area contributed by atoms with Crippen molar-refractivity contribution in [1.29, 1.82) is 0 Å². The lowest BCUT2D eigenvalue weighted by atomic mass is 10.1. The van der Waals surface area contributed by atoms with Crippen LogP contribution < -0.4 is 5.73 Å². The zero-order chi connectivity index (χ0) is 10.3. The summed E-state index contributed by atoms with van der Waals surface area (Å²) in [4.78, 5) is 4.67. The van der Waals surface area contributed by atoms with Gasteiger partial charge in [-0.2, -0.15) is 0 Å². The SMILES string of the molecule is CC(C)c1nc(C2CC2C(C)N)cs1. The molecule has 1 aromatic heterocycles. The standard InChI is InChI=1S/C11H18N2S/c1-6(2)11-13-10(5-14-11)9-4-8(9)7(3)12/h5-9H,4,12H2,1-3H3. The van der Waals surface area contributed by atoms with Gasteiger partial charge in [0.05, 0.1) is 10.7 Å². The molecule has 1 fully saturated rings. The van der Waals surface area contributed by atoms with E-state index in [1.807, 2.05) is 0 Å². The Morgan fingerprint density at radius 1 is 1.50 bits per heavy atom. The molecule has 0 saturated heterocycles. The largest absolute Gasteiger partial charge is 0.328 e.